The molecule has 0 saturated carbocycles. The Bertz CT molecular complexity index is 1380. The molecule has 0 amide bonds. The molecule has 0 aromatic carbocycles. The predicted octanol–water partition coefficient (Wildman–Crippen LogP) is 9.95. The topological polar surface area (TPSA) is 236 Å². The molecule has 0 spiro atoms. The van der Waals surface area contributed by atoms with Crippen LogP contribution >= 0.6 is 15.6 Å². The first-order valence-corrected chi connectivity index (χ1v) is 26.2. The Morgan fingerprint density at radius 1 is 0.524 bits per heavy atom. The number of hydrogen-bond donors (Lipinski definition) is 6. The molecule has 0 rings (SSSR count). The third kappa shape index (κ3) is 43.4. The van der Waals surface area contributed by atoms with Crippen molar-refractivity contribution in [2.24, 2.45) is 0 Å². The molecule has 6 N–H and O–H groups in total. The number of unbranched alkanes of at least 4 members (excludes halogenated alkanes) is 13. The van der Waals surface area contributed by atoms with Crippen LogP contribution in [0.25, 0.3) is 0 Å². The van der Waals surface area contributed by atoms with Crippen molar-refractivity contribution in [3.05, 3.63) is 60.8 Å². The first-order chi connectivity index (χ1) is 30.2. The van der Waals surface area contributed by atoms with Gasteiger partial charge in [-0.15, -0.1) is 0 Å². The SMILES string of the molecule is CC/C=C\C/C=C\C/C=C\C/C=C\C[C@H](O)[C@@H](O)CCCC(=O)OC[C@H](COP(=O)(O)OC[C@@H](O)COP(=O)(O)O)OC(=O)CCCCCCCCC/C=C\CCCCCCCC. The summed E-state index contributed by atoms with van der Waals surface area (Å²) in [5.41, 5.74) is 0. The van der Waals surface area contributed by atoms with Crippen LogP contribution in [-0.4, -0.2) is 92.8 Å². The Morgan fingerprint density at radius 2 is 1.02 bits per heavy atom. The van der Waals surface area contributed by atoms with Crippen molar-refractivity contribution in [1.82, 2.24) is 0 Å². The largest absolute Gasteiger partial charge is 0.472 e. The van der Waals surface area contributed by atoms with Crippen molar-refractivity contribution >= 4 is 27.6 Å². The minimum absolute atomic E-state index is 0.0635. The molecule has 15 nitrogen and oxygen atoms in total. The first kappa shape index (κ1) is 60.7. The molecule has 0 aliphatic rings. The minimum Gasteiger partial charge on any atom is -0.462 e. The number of aliphatic hydroxyl groups is 3. The highest BCUT2D eigenvalue weighted by Gasteiger charge is 2.28. The standard InChI is InChI=1S/C46H82O15P2/c1-3-5-7-9-11-13-15-17-18-19-20-21-23-25-27-29-31-35-46(51)61-42(40-60-63(55,56)59-38-41(47)37-58-62(52,53)54)39-57-45(50)36-32-34-44(49)43(48)33-30-28-26-24-22-16-14-12-10-8-6-4-2/h6,8,12,14,17-18,22,24,28,30,41-44,47-49H,3-5,7,9-11,13,15-16,19-21,23,25-27,29,31-40H2,1-2H3,(H,55,56)(H2,52,53,54)/b8-6-,14-12-,18-17-,24-22-,30-28-/t41-,42+,43-,44-/m0/s1. The number of ether oxygens (including phenoxy) is 2. The lowest BCUT2D eigenvalue weighted by Crippen LogP contribution is -2.30. The zero-order chi connectivity index (χ0) is 46.9. The van der Waals surface area contributed by atoms with E-state index in [4.69, 9.17) is 23.8 Å². The average Bonchev–Trinajstić information content (AvgIpc) is 3.24. The molecule has 0 aliphatic carbocycles. The molecule has 0 radical (unpaired) electrons. The van der Waals surface area contributed by atoms with Crippen molar-refractivity contribution in [3.63, 3.8) is 0 Å². The molecule has 0 aliphatic heterocycles. The van der Waals surface area contributed by atoms with Gasteiger partial charge in [0.15, 0.2) is 6.10 Å². The molecule has 0 heterocycles. The molecule has 0 saturated heterocycles. The van der Waals surface area contributed by atoms with Crippen LogP contribution in [-0.2, 0) is 41.8 Å². The number of carbonyl (C=O) groups is 2. The van der Waals surface area contributed by atoms with Crippen LogP contribution in [0.15, 0.2) is 60.8 Å². The number of rotatable bonds is 43. The van der Waals surface area contributed by atoms with E-state index in [-0.39, 0.29) is 32.1 Å². The number of phosphoric acid groups is 2. The summed E-state index contributed by atoms with van der Waals surface area (Å²) >= 11 is 0. The lowest BCUT2D eigenvalue weighted by molar-refractivity contribution is -0.161. The van der Waals surface area contributed by atoms with Gasteiger partial charge in [-0.3, -0.25) is 23.2 Å². The van der Waals surface area contributed by atoms with E-state index in [0.29, 0.717) is 12.8 Å². The molecule has 5 atom stereocenters. The van der Waals surface area contributed by atoms with Crippen molar-refractivity contribution in [1.29, 1.82) is 0 Å². The summed E-state index contributed by atoms with van der Waals surface area (Å²) in [6.45, 7) is 1.31. The second kappa shape index (κ2) is 41.2. The van der Waals surface area contributed by atoms with Gasteiger partial charge in [0.2, 0.25) is 0 Å². The molecule has 0 fully saturated rings. The second-order valence-corrected chi connectivity index (χ2v) is 18.3. The summed E-state index contributed by atoms with van der Waals surface area (Å²) in [6, 6.07) is 0. The van der Waals surface area contributed by atoms with Gasteiger partial charge >= 0.3 is 27.6 Å². The van der Waals surface area contributed by atoms with Crippen LogP contribution in [0.5, 0.6) is 0 Å². The van der Waals surface area contributed by atoms with E-state index in [1.807, 2.05) is 12.2 Å². The monoisotopic (exact) mass is 937 g/mol. The highest BCUT2D eigenvalue weighted by molar-refractivity contribution is 7.47. The third-order valence-corrected chi connectivity index (χ3v) is 11.0. The number of hydrogen-bond acceptors (Lipinski definition) is 12. The molecule has 1 unspecified atom stereocenters. The zero-order valence-electron chi connectivity index (χ0n) is 38.1. The number of aliphatic hydroxyl groups excluding tert-OH is 3. The van der Waals surface area contributed by atoms with Gasteiger partial charge in [0, 0.05) is 12.8 Å². The number of phosphoric ester groups is 2. The van der Waals surface area contributed by atoms with Gasteiger partial charge in [0.25, 0.3) is 0 Å². The summed E-state index contributed by atoms with van der Waals surface area (Å²) in [7, 11) is -9.78. The van der Waals surface area contributed by atoms with Gasteiger partial charge in [0.1, 0.15) is 12.7 Å². The van der Waals surface area contributed by atoms with Crippen LogP contribution in [0, 0.1) is 0 Å². The van der Waals surface area contributed by atoms with Crippen molar-refractivity contribution in [2.45, 2.75) is 192 Å². The smallest absolute Gasteiger partial charge is 0.462 e. The van der Waals surface area contributed by atoms with Gasteiger partial charge in [-0.05, 0) is 77.0 Å². The van der Waals surface area contributed by atoms with Gasteiger partial charge in [-0.1, -0.05) is 139 Å². The number of allylic oxidation sites excluding steroid dienone is 9. The molecule has 0 aromatic rings. The van der Waals surface area contributed by atoms with Crippen LogP contribution in [0.1, 0.15) is 168 Å². The Balaban J connectivity index is 4.72. The van der Waals surface area contributed by atoms with Crippen molar-refractivity contribution in [3.8, 4) is 0 Å². The first-order valence-electron chi connectivity index (χ1n) is 23.1. The predicted molar refractivity (Wildman–Crippen MR) is 246 cm³/mol. The van der Waals surface area contributed by atoms with Crippen molar-refractivity contribution < 1.29 is 71.8 Å². The highest BCUT2D eigenvalue weighted by Crippen LogP contribution is 2.43. The summed E-state index contributed by atoms with van der Waals surface area (Å²) < 4.78 is 47.6. The summed E-state index contributed by atoms with van der Waals surface area (Å²) in [5.74, 6) is -1.33. The van der Waals surface area contributed by atoms with E-state index < -0.39 is 78.4 Å². The maximum Gasteiger partial charge on any atom is 0.472 e. The van der Waals surface area contributed by atoms with Gasteiger partial charge in [-0.2, -0.15) is 0 Å². The van der Waals surface area contributed by atoms with Gasteiger partial charge < -0.3 is 39.5 Å². The van der Waals surface area contributed by atoms with E-state index in [1.165, 1.54) is 38.5 Å². The third-order valence-electron chi connectivity index (χ3n) is 9.58. The Labute approximate surface area is 377 Å². The van der Waals surface area contributed by atoms with E-state index in [1.54, 1.807) is 6.08 Å². The average molecular weight is 937 g/mol. The van der Waals surface area contributed by atoms with Crippen LogP contribution in [0.2, 0.25) is 0 Å². The second-order valence-electron chi connectivity index (χ2n) is 15.6. The van der Waals surface area contributed by atoms with Gasteiger partial charge in [0.05, 0.1) is 32.0 Å². The highest BCUT2D eigenvalue weighted by atomic mass is 31.2. The lowest BCUT2D eigenvalue weighted by Gasteiger charge is -2.20. The number of esters is 2. The maximum atomic E-state index is 12.7. The fourth-order valence-corrected chi connectivity index (χ4v) is 7.12. The van der Waals surface area contributed by atoms with Gasteiger partial charge in [-0.25, -0.2) is 9.13 Å². The summed E-state index contributed by atoms with van der Waals surface area (Å²) in [4.78, 5) is 52.8. The molecule has 63 heavy (non-hydrogen) atoms. The summed E-state index contributed by atoms with van der Waals surface area (Å²) in [5, 5.41) is 30.5. The Hall–Kier alpha value is -2.26. The van der Waals surface area contributed by atoms with Crippen LogP contribution < -0.4 is 0 Å². The molecular formula is C46H82O15P2. The van der Waals surface area contributed by atoms with Crippen molar-refractivity contribution in [2.75, 3.05) is 26.4 Å². The maximum absolute atomic E-state index is 12.7. The normalized spacial score (nSPS) is 15.5. The van der Waals surface area contributed by atoms with E-state index in [0.717, 1.165) is 70.6 Å². The van der Waals surface area contributed by atoms with Crippen LogP contribution in [0.4, 0.5) is 0 Å². The molecular weight excluding hydrogens is 854 g/mol. The van der Waals surface area contributed by atoms with Crippen LogP contribution in [0.3, 0.4) is 0 Å². The zero-order valence-corrected chi connectivity index (χ0v) is 39.9. The molecule has 17 heteroatoms. The Kier molecular flexibility index (Phi) is 39.7. The quantitative estimate of drug-likeness (QED) is 0.0144. The summed E-state index contributed by atoms with van der Waals surface area (Å²) in [6.07, 6.45) is 36.6. The fourth-order valence-electron chi connectivity index (χ4n) is 5.96. The lowest BCUT2D eigenvalue weighted by atomic mass is 10.0. The molecule has 0 aromatic heterocycles. The van der Waals surface area contributed by atoms with E-state index in [9.17, 15) is 38.9 Å². The Morgan fingerprint density at radius 3 is 1.59 bits per heavy atom. The van der Waals surface area contributed by atoms with E-state index >= 15 is 0 Å². The van der Waals surface area contributed by atoms with E-state index in [2.05, 4.69) is 65.4 Å². The number of carbonyl (C=O) groups excluding carboxylic acids is 2. The fraction of sp³-hybridized carbons (Fsp3) is 0.739. The molecule has 366 valence electrons. The minimum atomic E-state index is -4.90. The molecule has 0 bridgehead atoms.